The Kier molecular flexibility index (Phi) is 4.25. The Bertz CT molecular complexity index is 1120. The van der Waals surface area contributed by atoms with E-state index in [0.717, 1.165) is 39.0 Å². The smallest absolute Gasteiger partial charge is 0.404 e. The van der Waals surface area contributed by atoms with Crippen LogP contribution in [0.4, 0.5) is 4.79 Å². The van der Waals surface area contributed by atoms with Crippen LogP contribution in [0.1, 0.15) is 11.1 Å². The van der Waals surface area contributed by atoms with Crippen molar-refractivity contribution in [3.63, 3.8) is 0 Å². The Labute approximate surface area is 155 Å². The molecule has 134 valence electrons. The van der Waals surface area contributed by atoms with Crippen molar-refractivity contribution in [1.82, 2.24) is 24.9 Å². The first-order valence-electron chi connectivity index (χ1n) is 8.42. The number of pyridine rings is 1. The van der Waals surface area contributed by atoms with Crippen LogP contribution < -0.4 is 5.32 Å². The molecule has 0 saturated heterocycles. The number of nitrogens with zero attached hydrogens (tertiary/aromatic N) is 4. The minimum absolute atomic E-state index is 0.276. The zero-order valence-corrected chi connectivity index (χ0v) is 14.6. The molecule has 7 heteroatoms. The predicted octanol–water partition coefficient (Wildman–Crippen LogP) is 3.53. The average molecular weight is 359 g/mol. The molecule has 1 amide bonds. The first kappa shape index (κ1) is 16.7. The Hall–Kier alpha value is -3.74. The van der Waals surface area contributed by atoms with Gasteiger partial charge < -0.3 is 10.4 Å². The molecule has 0 atom stereocenters. The number of carbonyl (C=O) groups is 1. The van der Waals surface area contributed by atoms with Gasteiger partial charge in [-0.3, -0.25) is 4.98 Å². The monoisotopic (exact) mass is 359 g/mol. The van der Waals surface area contributed by atoms with Gasteiger partial charge in [0.2, 0.25) is 0 Å². The maximum absolute atomic E-state index is 10.7. The Morgan fingerprint density at radius 2 is 1.93 bits per heavy atom. The lowest BCUT2D eigenvalue weighted by Gasteiger charge is -2.09. The van der Waals surface area contributed by atoms with E-state index in [9.17, 15) is 4.79 Å². The summed E-state index contributed by atoms with van der Waals surface area (Å²) in [7, 11) is 0. The minimum atomic E-state index is -1.03. The van der Waals surface area contributed by atoms with Crippen molar-refractivity contribution in [2.45, 2.75) is 13.5 Å². The molecule has 0 saturated carbocycles. The van der Waals surface area contributed by atoms with Crippen LogP contribution in [0.3, 0.4) is 0 Å². The summed E-state index contributed by atoms with van der Waals surface area (Å²) >= 11 is 0. The highest BCUT2D eigenvalue weighted by atomic mass is 16.4. The lowest BCUT2D eigenvalue weighted by Crippen LogP contribution is -2.20. The quantitative estimate of drug-likeness (QED) is 0.581. The van der Waals surface area contributed by atoms with Crippen LogP contribution in [0.2, 0.25) is 0 Å². The molecule has 0 aliphatic rings. The van der Waals surface area contributed by atoms with Crippen LogP contribution in [0.15, 0.2) is 61.3 Å². The highest BCUT2D eigenvalue weighted by molar-refractivity contribution is 5.81. The second kappa shape index (κ2) is 6.87. The molecule has 0 spiro atoms. The number of aromatic nitrogens is 4. The molecule has 3 aromatic heterocycles. The van der Waals surface area contributed by atoms with E-state index in [0.29, 0.717) is 0 Å². The van der Waals surface area contributed by atoms with Gasteiger partial charge in [0.25, 0.3) is 0 Å². The van der Waals surface area contributed by atoms with E-state index in [-0.39, 0.29) is 6.54 Å². The van der Waals surface area contributed by atoms with Crippen molar-refractivity contribution in [2.75, 3.05) is 0 Å². The minimum Gasteiger partial charge on any atom is -0.465 e. The fourth-order valence-electron chi connectivity index (χ4n) is 3.07. The van der Waals surface area contributed by atoms with E-state index in [2.05, 4.69) is 26.4 Å². The van der Waals surface area contributed by atoms with Crippen molar-refractivity contribution in [3.8, 4) is 22.4 Å². The maximum Gasteiger partial charge on any atom is 0.404 e. The highest BCUT2D eigenvalue weighted by Crippen LogP contribution is 2.28. The van der Waals surface area contributed by atoms with Crippen LogP contribution in [0.25, 0.3) is 27.9 Å². The number of hydrogen-bond acceptors (Lipinski definition) is 4. The van der Waals surface area contributed by atoms with Gasteiger partial charge in [-0.25, -0.2) is 14.3 Å². The maximum atomic E-state index is 10.7. The van der Waals surface area contributed by atoms with E-state index in [1.807, 2.05) is 48.0 Å². The molecule has 0 bridgehead atoms. The number of nitrogens with one attached hydrogen (secondary N) is 1. The molecule has 2 N–H and O–H groups in total. The topological polar surface area (TPSA) is 92.4 Å². The van der Waals surface area contributed by atoms with Crippen LogP contribution in [0.5, 0.6) is 0 Å². The van der Waals surface area contributed by atoms with E-state index in [1.165, 1.54) is 6.33 Å². The molecule has 0 radical (unpaired) electrons. The lowest BCUT2D eigenvalue weighted by atomic mass is 10.0. The molecule has 7 nitrogen and oxygen atoms in total. The van der Waals surface area contributed by atoms with Gasteiger partial charge >= 0.3 is 6.09 Å². The number of benzene rings is 1. The molecule has 4 rings (SSSR count). The molecule has 0 fully saturated rings. The van der Waals surface area contributed by atoms with E-state index in [4.69, 9.17) is 5.11 Å². The standard InChI is InChI=1S/C20H17N5O2/c1-13-8-15(2-3-16(13)10-22-20(26)27)19-18-9-17(11-25(18)24-12-23-19)14-4-6-21-7-5-14/h2-9,11-12,22H,10H2,1H3,(H,26,27). The number of hydrogen-bond donors (Lipinski definition) is 2. The summed E-state index contributed by atoms with van der Waals surface area (Å²) in [6, 6.07) is 11.9. The van der Waals surface area contributed by atoms with Gasteiger partial charge in [0.15, 0.2) is 0 Å². The van der Waals surface area contributed by atoms with Gasteiger partial charge in [0.05, 0.1) is 11.2 Å². The first-order valence-corrected chi connectivity index (χ1v) is 8.42. The fraction of sp³-hybridized carbons (Fsp3) is 0.100. The molecule has 3 heterocycles. The number of amides is 1. The van der Waals surface area contributed by atoms with Crippen molar-refractivity contribution in [2.24, 2.45) is 0 Å². The fourth-order valence-corrected chi connectivity index (χ4v) is 3.07. The summed E-state index contributed by atoms with van der Waals surface area (Å²) in [6.07, 6.45) is 5.99. The third-order valence-corrected chi connectivity index (χ3v) is 4.47. The second-order valence-corrected chi connectivity index (χ2v) is 6.20. The third kappa shape index (κ3) is 3.35. The predicted molar refractivity (Wildman–Crippen MR) is 101 cm³/mol. The molecular weight excluding hydrogens is 342 g/mol. The van der Waals surface area contributed by atoms with Crippen LogP contribution >= 0.6 is 0 Å². The van der Waals surface area contributed by atoms with Gasteiger partial charge in [-0.15, -0.1) is 0 Å². The van der Waals surface area contributed by atoms with Crippen molar-refractivity contribution >= 4 is 11.6 Å². The molecular formula is C20H17N5O2. The molecule has 0 unspecified atom stereocenters. The lowest BCUT2D eigenvalue weighted by molar-refractivity contribution is 0.194. The van der Waals surface area contributed by atoms with Gasteiger partial charge in [-0.05, 0) is 47.9 Å². The normalized spacial score (nSPS) is 10.9. The van der Waals surface area contributed by atoms with Gasteiger partial charge in [0, 0.05) is 36.3 Å². The zero-order valence-electron chi connectivity index (χ0n) is 14.6. The van der Waals surface area contributed by atoms with E-state index in [1.54, 1.807) is 12.4 Å². The molecule has 0 aliphatic carbocycles. The van der Waals surface area contributed by atoms with Crippen LogP contribution in [-0.4, -0.2) is 30.8 Å². The molecule has 0 aliphatic heterocycles. The molecule has 4 aromatic rings. The van der Waals surface area contributed by atoms with Gasteiger partial charge in [-0.2, -0.15) is 5.10 Å². The van der Waals surface area contributed by atoms with Gasteiger partial charge in [0.1, 0.15) is 6.33 Å². The van der Waals surface area contributed by atoms with E-state index >= 15 is 0 Å². The first-order chi connectivity index (χ1) is 13.1. The average Bonchev–Trinajstić information content (AvgIpc) is 3.12. The van der Waals surface area contributed by atoms with Crippen LogP contribution in [-0.2, 0) is 6.54 Å². The third-order valence-electron chi connectivity index (χ3n) is 4.47. The Morgan fingerprint density at radius 3 is 2.67 bits per heavy atom. The number of carboxylic acid groups (broad SMARTS) is 1. The number of aryl methyl sites for hydroxylation is 1. The van der Waals surface area contributed by atoms with Crippen molar-refractivity contribution in [3.05, 3.63) is 72.4 Å². The summed E-state index contributed by atoms with van der Waals surface area (Å²) in [4.78, 5) is 19.2. The summed E-state index contributed by atoms with van der Waals surface area (Å²) < 4.78 is 1.81. The Balaban J connectivity index is 1.74. The van der Waals surface area contributed by atoms with Crippen molar-refractivity contribution in [1.29, 1.82) is 0 Å². The second-order valence-electron chi connectivity index (χ2n) is 6.20. The summed E-state index contributed by atoms with van der Waals surface area (Å²) in [5, 5.41) is 15.5. The number of rotatable bonds is 4. The number of fused-ring (bicyclic) bond motifs is 1. The Morgan fingerprint density at radius 1 is 1.11 bits per heavy atom. The van der Waals surface area contributed by atoms with E-state index < -0.39 is 6.09 Å². The molecule has 1 aromatic carbocycles. The zero-order chi connectivity index (χ0) is 18.8. The highest BCUT2D eigenvalue weighted by Gasteiger charge is 2.11. The summed E-state index contributed by atoms with van der Waals surface area (Å²) in [6.45, 7) is 2.24. The summed E-state index contributed by atoms with van der Waals surface area (Å²) in [5.74, 6) is 0. The summed E-state index contributed by atoms with van der Waals surface area (Å²) in [5.41, 5.74) is 6.72. The van der Waals surface area contributed by atoms with Crippen molar-refractivity contribution < 1.29 is 9.90 Å². The van der Waals surface area contributed by atoms with Crippen LogP contribution in [0, 0.1) is 6.92 Å². The molecule has 27 heavy (non-hydrogen) atoms. The SMILES string of the molecule is Cc1cc(-c2ncnn3cc(-c4ccncc4)cc23)ccc1CNC(=O)O. The largest absolute Gasteiger partial charge is 0.465 e. The van der Waals surface area contributed by atoms with Gasteiger partial charge in [-0.1, -0.05) is 12.1 Å².